The van der Waals surface area contributed by atoms with Crippen molar-refractivity contribution in [3.05, 3.63) is 52.8 Å². The summed E-state index contributed by atoms with van der Waals surface area (Å²) in [5.41, 5.74) is 11.2. The van der Waals surface area contributed by atoms with Crippen molar-refractivity contribution in [3.63, 3.8) is 0 Å². The van der Waals surface area contributed by atoms with Crippen LogP contribution in [0.5, 0.6) is 5.75 Å². The fourth-order valence-corrected chi connectivity index (χ4v) is 2.14. The van der Waals surface area contributed by atoms with Crippen molar-refractivity contribution in [2.45, 2.75) is 46.6 Å². The van der Waals surface area contributed by atoms with Crippen molar-refractivity contribution in [2.75, 3.05) is 5.73 Å². The van der Waals surface area contributed by atoms with E-state index in [1.54, 1.807) is 6.20 Å². The molecule has 0 spiro atoms. The average molecular weight is 284 g/mol. The summed E-state index contributed by atoms with van der Waals surface area (Å²) >= 11 is 0. The quantitative estimate of drug-likeness (QED) is 0.920. The van der Waals surface area contributed by atoms with Gasteiger partial charge in [0.25, 0.3) is 0 Å². The molecule has 2 aromatic rings. The number of hydrogen-bond acceptors (Lipinski definition) is 3. The molecule has 112 valence electrons. The van der Waals surface area contributed by atoms with Gasteiger partial charge in [0.1, 0.15) is 12.4 Å². The second-order valence-electron chi connectivity index (χ2n) is 6.49. The van der Waals surface area contributed by atoms with Gasteiger partial charge in [0.05, 0.1) is 5.69 Å². The number of pyridine rings is 1. The number of aromatic nitrogens is 1. The summed E-state index contributed by atoms with van der Waals surface area (Å²) < 4.78 is 5.82. The molecule has 0 aliphatic carbocycles. The summed E-state index contributed by atoms with van der Waals surface area (Å²) in [6, 6.07) is 8.24. The predicted molar refractivity (Wildman–Crippen MR) is 87.6 cm³/mol. The van der Waals surface area contributed by atoms with E-state index in [1.165, 1.54) is 5.56 Å². The Morgan fingerprint density at radius 1 is 1.10 bits per heavy atom. The van der Waals surface area contributed by atoms with Gasteiger partial charge in [0.15, 0.2) is 0 Å². The van der Waals surface area contributed by atoms with Crippen LogP contribution in [0.1, 0.15) is 43.2 Å². The molecule has 3 nitrogen and oxygen atoms in total. The van der Waals surface area contributed by atoms with E-state index in [-0.39, 0.29) is 5.41 Å². The van der Waals surface area contributed by atoms with E-state index in [0.29, 0.717) is 6.61 Å². The Morgan fingerprint density at radius 2 is 1.71 bits per heavy atom. The Hall–Kier alpha value is -2.03. The fourth-order valence-electron chi connectivity index (χ4n) is 2.14. The van der Waals surface area contributed by atoms with Gasteiger partial charge in [-0.1, -0.05) is 32.9 Å². The Bertz CT molecular complexity index is 625. The Morgan fingerprint density at radius 3 is 2.29 bits per heavy atom. The van der Waals surface area contributed by atoms with Crippen LogP contribution in [0.4, 0.5) is 5.69 Å². The summed E-state index contributed by atoms with van der Waals surface area (Å²) in [6.45, 7) is 11.0. The number of hydrogen-bond donors (Lipinski definition) is 1. The first-order chi connectivity index (χ1) is 9.79. The average Bonchev–Trinajstić information content (AvgIpc) is 2.43. The molecule has 2 rings (SSSR count). The minimum Gasteiger partial charge on any atom is -0.487 e. The molecule has 0 saturated heterocycles. The number of nitrogens with zero attached hydrogens (tertiary/aromatic N) is 1. The molecule has 0 unspecified atom stereocenters. The molecule has 0 radical (unpaired) electrons. The molecule has 0 bridgehead atoms. The zero-order valence-corrected chi connectivity index (χ0v) is 13.5. The smallest absolute Gasteiger partial charge is 0.131 e. The summed E-state index contributed by atoms with van der Waals surface area (Å²) in [5.74, 6) is 0.850. The number of ether oxygens (including phenoxy) is 1. The van der Waals surface area contributed by atoms with Gasteiger partial charge in [-0.05, 0) is 48.1 Å². The lowest BCUT2D eigenvalue weighted by Crippen LogP contribution is -2.10. The highest BCUT2D eigenvalue weighted by Crippen LogP contribution is 2.25. The maximum absolute atomic E-state index is 6.02. The third-order valence-corrected chi connectivity index (χ3v) is 3.77. The van der Waals surface area contributed by atoms with E-state index in [9.17, 15) is 0 Å². The van der Waals surface area contributed by atoms with Crippen LogP contribution >= 0.6 is 0 Å². The topological polar surface area (TPSA) is 48.1 Å². The van der Waals surface area contributed by atoms with Gasteiger partial charge in [-0.2, -0.15) is 0 Å². The lowest BCUT2D eigenvalue weighted by molar-refractivity contribution is 0.300. The lowest BCUT2D eigenvalue weighted by atomic mass is 9.87. The molecule has 0 atom stereocenters. The molecule has 1 aromatic carbocycles. The van der Waals surface area contributed by atoms with Gasteiger partial charge in [-0.25, -0.2) is 0 Å². The van der Waals surface area contributed by atoms with Crippen molar-refractivity contribution >= 4 is 5.69 Å². The third kappa shape index (κ3) is 3.54. The standard InChI is InChI=1S/C18H24N2O/c1-12-10-20-16(13(2)17(12)19)11-21-15-8-6-14(7-9-15)18(3,4)5/h6-10H,11H2,1-5H3,(H2,19,20). The lowest BCUT2D eigenvalue weighted by Gasteiger charge is -2.19. The normalized spacial score (nSPS) is 11.5. The van der Waals surface area contributed by atoms with Gasteiger partial charge in [-0.3, -0.25) is 4.98 Å². The van der Waals surface area contributed by atoms with E-state index in [2.05, 4.69) is 37.9 Å². The molecule has 0 aliphatic rings. The molecule has 3 heteroatoms. The molecule has 0 aliphatic heterocycles. The molecule has 0 saturated carbocycles. The minimum atomic E-state index is 0.155. The molecule has 21 heavy (non-hydrogen) atoms. The Kier molecular flexibility index (Phi) is 4.21. The number of anilines is 1. The zero-order valence-electron chi connectivity index (χ0n) is 13.5. The van der Waals surface area contributed by atoms with Crippen molar-refractivity contribution in [1.29, 1.82) is 0 Å². The first kappa shape index (κ1) is 15.4. The van der Waals surface area contributed by atoms with Gasteiger partial charge in [-0.15, -0.1) is 0 Å². The van der Waals surface area contributed by atoms with E-state index in [4.69, 9.17) is 10.5 Å². The number of nitrogens with two attached hydrogens (primary N) is 1. The minimum absolute atomic E-state index is 0.155. The maximum Gasteiger partial charge on any atom is 0.131 e. The van der Waals surface area contributed by atoms with Gasteiger partial charge in [0, 0.05) is 11.9 Å². The summed E-state index contributed by atoms with van der Waals surface area (Å²) in [4.78, 5) is 4.41. The van der Waals surface area contributed by atoms with Gasteiger partial charge >= 0.3 is 0 Å². The Balaban J connectivity index is 2.09. The van der Waals surface area contributed by atoms with Crippen LogP contribution in [0.3, 0.4) is 0 Å². The van der Waals surface area contributed by atoms with Crippen LogP contribution in [0.25, 0.3) is 0 Å². The number of aryl methyl sites for hydroxylation is 1. The van der Waals surface area contributed by atoms with Crippen LogP contribution in [0.15, 0.2) is 30.5 Å². The molecule has 0 amide bonds. The molecular weight excluding hydrogens is 260 g/mol. The second-order valence-corrected chi connectivity index (χ2v) is 6.49. The summed E-state index contributed by atoms with van der Waals surface area (Å²) in [6.07, 6.45) is 1.80. The highest BCUT2D eigenvalue weighted by atomic mass is 16.5. The second kappa shape index (κ2) is 5.76. The fraction of sp³-hybridized carbons (Fsp3) is 0.389. The van der Waals surface area contributed by atoms with E-state index >= 15 is 0 Å². The highest BCUT2D eigenvalue weighted by Gasteiger charge is 2.13. The number of rotatable bonds is 3. The first-order valence-electron chi connectivity index (χ1n) is 7.23. The monoisotopic (exact) mass is 284 g/mol. The molecular formula is C18H24N2O. The van der Waals surface area contributed by atoms with Crippen LogP contribution in [0.2, 0.25) is 0 Å². The maximum atomic E-state index is 6.02. The third-order valence-electron chi connectivity index (χ3n) is 3.77. The predicted octanol–water partition coefficient (Wildman–Crippen LogP) is 4.16. The first-order valence-corrected chi connectivity index (χ1v) is 7.23. The van der Waals surface area contributed by atoms with Crippen LogP contribution in [-0.4, -0.2) is 4.98 Å². The van der Waals surface area contributed by atoms with Gasteiger partial charge < -0.3 is 10.5 Å². The van der Waals surface area contributed by atoms with E-state index in [0.717, 1.165) is 28.3 Å². The van der Waals surface area contributed by atoms with Crippen LogP contribution < -0.4 is 10.5 Å². The van der Waals surface area contributed by atoms with Gasteiger partial charge in [0.2, 0.25) is 0 Å². The molecule has 0 fully saturated rings. The van der Waals surface area contributed by atoms with Crippen LogP contribution in [-0.2, 0) is 12.0 Å². The molecule has 1 aromatic heterocycles. The molecule has 1 heterocycles. The van der Waals surface area contributed by atoms with Crippen LogP contribution in [0, 0.1) is 13.8 Å². The van der Waals surface area contributed by atoms with Crippen molar-refractivity contribution < 1.29 is 4.74 Å². The number of benzene rings is 1. The van der Waals surface area contributed by atoms with E-state index < -0.39 is 0 Å². The molecule has 2 N–H and O–H groups in total. The van der Waals surface area contributed by atoms with Crippen molar-refractivity contribution in [3.8, 4) is 5.75 Å². The zero-order chi connectivity index (χ0) is 15.6. The Labute approximate surface area is 127 Å². The van der Waals surface area contributed by atoms with Crippen molar-refractivity contribution in [2.24, 2.45) is 0 Å². The van der Waals surface area contributed by atoms with Crippen molar-refractivity contribution in [1.82, 2.24) is 4.98 Å². The highest BCUT2D eigenvalue weighted by molar-refractivity contribution is 5.53. The summed E-state index contributed by atoms with van der Waals surface area (Å²) in [5, 5.41) is 0. The summed E-state index contributed by atoms with van der Waals surface area (Å²) in [7, 11) is 0. The van der Waals surface area contributed by atoms with E-state index in [1.807, 2.05) is 26.0 Å². The largest absolute Gasteiger partial charge is 0.487 e. The number of nitrogen functional groups attached to an aromatic ring is 1. The SMILES string of the molecule is Cc1cnc(COc2ccc(C(C)(C)C)cc2)c(C)c1N.